The fraction of sp³-hybridized carbons (Fsp3) is 0.526. The molecule has 1 heterocycles. The third kappa shape index (κ3) is 7.70. The Morgan fingerprint density at radius 3 is 2.79 bits per heavy atom. The summed E-state index contributed by atoms with van der Waals surface area (Å²) >= 11 is 0. The maximum Gasteiger partial charge on any atom is 0.248 e. The smallest absolute Gasteiger partial charge is 0.248 e. The number of aromatic nitrogens is 2. The summed E-state index contributed by atoms with van der Waals surface area (Å²) in [6.07, 6.45) is 0.564. The molecule has 0 saturated carbocycles. The number of halogens is 2. The molecule has 28 heavy (non-hydrogen) atoms. The summed E-state index contributed by atoms with van der Waals surface area (Å²) in [7, 11) is 0. The molecule has 1 aromatic carbocycles. The topological polar surface area (TPSA) is 84.6 Å². The molecule has 0 bridgehead atoms. The highest BCUT2D eigenvalue weighted by atomic mass is 127. The molecule has 1 atom stereocenters. The maximum absolute atomic E-state index is 13.2. The SMILES string of the molecule is CCNC(=NCc1nc(C(C)OCC)no1)NCCc1ccc(F)cc1C.I. The van der Waals surface area contributed by atoms with E-state index >= 15 is 0 Å². The van der Waals surface area contributed by atoms with Crippen LogP contribution < -0.4 is 10.6 Å². The third-order valence-corrected chi connectivity index (χ3v) is 3.97. The van der Waals surface area contributed by atoms with E-state index in [2.05, 4.69) is 25.8 Å². The van der Waals surface area contributed by atoms with Gasteiger partial charge in [-0.05, 0) is 57.4 Å². The highest BCUT2D eigenvalue weighted by Crippen LogP contribution is 2.13. The van der Waals surface area contributed by atoms with Crippen LogP contribution >= 0.6 is 24.0 Å². The lowest BCUT2D eigenvalue weighted by atomic mass is 10.1. The van der Waals surface area contributed by atoms with Crippen molar-refractivity contribution in [3.8, 4) is 0 Å². The molecular weight excluding hydrogens is 476 g/mol. The van der Waals surface area contributed by atoms with Crippen LogP contribution in [0.15, 0.2) is 27.7 Å². The van der Waals surface area contributed by atoms with Crippen molar-refractivity contribution in [1.82, 2.24) is 20.8 Å². The average Bonchev–Trinajstić information content (AvgIpc) is 3.11. The number of benzene rings is 1. The van der Waals surface area contributed by atoms with Crippen LogP contribution in [0.2, 0.25) is 0 Å². The van der Waals surface area contributed by atoms with Crippen molar-refractivity contribution >= 4 is 29.9 Å². The van der Waals surface area contributed by atoms with Crippen LogP contribution in [0.1, 0.15) is 49.7 Å². The lowest BCUT2D eigenvalue weighted by Gasteiger charge is -2.12. The number of nitrogens with one attached hydrogen (secondary N) is 2. The Morgan fingerprint density at radius 1 is 1.32 bits per heavy atom. The van der Waals surface area contributed by atoms with Crippen molar-refractivity contribution in [1.29, 1.82) is 0 Å². The monoisotopic (exact) mass is 505 g/mol. The first kappa shape index (κ1) is 24.3. The van der Waals surface area contributed by atoms with Crippen LogP contribution in [0, 0.1) is 12.7 Å². The van der Waals surface area contributed by atoms with E-state index in [-0.39, 0.29) is 42.4 Å². The van der Waals surface area contributed by atoms with Crippen LogP contribution in [-0.4, -0.2) is 35.8 Å². The molecule has 1 unspecified atom stereocenters. The molecule has 0 fully saturated rings. The van der Waals surface area contributed by atoms with Crippen LogP contribution in [0.5, 0.6) is 0 Å². The fourth-order valence-corrected chi connectivity index (χ4v) is 2.57. The standard InChI is InChI=1S/C19H28FN5O2.HI/c1-5-21-19(22-10-9-15-7-8-16(20)11-13(15)3)23-12-17-24-18(25-27-17)14(4)26-6-2;/h7-8,11,14H,5-6,9-10,12H2,1-4H3,(H2,21,22,23);1H. The molecule has 2 N–H and O–H groups in total. The van der Waals surface area contributed by atoms with Gasteiger partial charge in [-0.25, -0.2) is 9.38 Å². The van der Waals surface area contributed by atoms with Gasteiger partial charge in [0.1, 0.15) is 18.5 Å². The van der Waals surface area contributed by atoms with Gasteiger partial charge in [-0.1, -0.05) is 11.2 Å². The summed E-state index contributed by atoms with van der Waals surface area (Å²) < 4.78 is 23.9. The van der Waals surface area contributed by atoms with Crippen LogP contribution in [0.4, 0.5) is 4.39 Å². The van der Waals surface area contributed by atoms with Crippen molar-refractivity contribution in [2.45, 2.75) is 46.8 Å². The minimum atomic E-state index is -0.211. The zero-order chi connectivity index (χ0) is 19.6. The number of aryl methyl sites for hydroxylation is 1. The number of ether oxygens (including phenoxy) is 1. The van der Waals surface area contributed by atoms with Gasteiger partial charge < -0.3 is 19.9 Å². The molecule has 1 aromatic heterocycles. The predicted molar refractivity (Wildman–Crippen MR) is 117 cm³/mol. The molecule has 9 heteroatoms. The molecule has 2 aromatic rings. The van der Waals surface area contributed by atoms with Gasteiger partial charge in [0.15, 0.2) is 11.8 Å². The van der Waals surface area contributed by atoms with Crippen LogP contribution in [-0.2, 0) is 17.7 Å². The second-order valence-electron chi connectivity index (χ2n) is 6.09. The Morgan fingerprint density at radius 2 is 2.11 bits per heavy atom. The lowest BCUT2D eigenvalue weighted by molar-refractivity contribution is 0.0683. The fourth-order valence-electron chi connectivity index (χ4n) is 2.57. The predicted octanol–water partition coefficient (Wildman–Crippen LogP) is 3.53. The first-order valence-electron chi connectivity index (χ1n) is 9.24. The first-order valence-corrected chi connectivity index (χ1v) is 9.24. The molecule has 0 aliphatic carbocycles. The van der Waals surface area contributed by atoms with Crippen molar-refractivity contribution in [3.05, 3.63) is 46.9 Å². The van der Waals surface area contributed by atoms with E-state index in [1.807, 2.05) is 33.8 Å². The number of rotatable bonds is 9. The zero-order valence-electron chi connectivity index (χ0n) is 16.8. The number of aliphatic imine (C=N–C) groups is 1. The summed E-state index contributed by atoms with van der Waals surface area (Å²) in [5, 5.41) is 10.4. The van der Waals surface area contributed by atoms with E-state index in [1.165, 1.54) is 6.07 Å². The van der Waals surface area contributed by atoms with Gasteiger partial charge in [0.2, 0.25) is 5.89 Å². The minimum absolute atomic E-state index is 0. The number of nitrogens with zero attached hydrogens (tertiary/aromatic N) is 3. The molecule has 7 nitrogen and oxygen atoms in total. The molecule has 0 spiro atoms. The van der Waals surface area contributed by atoms with Crippen LogP contribution in [0.3, 0.4) is 0 Å². The van der Waals surface area contributed by atoms with E-state index in [4.69, 9.17) is 9.26 Å². The molecule has 0 aliphatic rings. The molecule has 0 amide bonds. The Balaban J connectivity index is 0.00000392. The van der Waals surface area contributed by atoms with Gasteiger partial charge in [-0.15, -0.1) is 24.0 Å². The van der Waals surface area contributed by atoms with Crippen molar-refractivity contribution < 1.29 is 13.7 Å². The van der Waals surface area contributed by atoms with Gasteiger partial charge in [0, 0.05) is 19.7 Å². The number of hydrogen-bond acceptors (Lipinski definition) is 5. The molecular formula is C19H29FIN5O2. The summed E-state index contributed by atoms with van der Waals surface area (Å²) in [6.45, 7) is 9.98. The summed E-state index contributed by atoms with van der Waals surface area (Å²) in [4.78, 5) is 8.78. The van der Waals surface area contributed by atoms with E-state index in [9.17, 15) is 4.39 Å². The maximum atomic E-state index is 13.2. The zero-order valence-corrected chi connectivity index (χ0v) is 19.1. The number of hydrogen-bond donors (Lipinski definition) is 2. The quantitative estimate of drug-likeness (QED) is 0.308. The highest BCUT2D eigenvalue weighted by molar-refractivity contribution is 14.0. The summed E-state index contributed by atoms with van der Waals surface area (Å²) in [6, 6.07) is 4.85. The number of guanidine groups is 1. The largest absolute Gasteiger partial charge is 0.371 e. The Labute approximate surface area is 182 Å². The Bertz CT molecular complexity index is 754. The third-order valence-electron chi connectivity index (χ3n) is 3.97. The Hall–Kier alpha value is -1.75. The van der Waals surface area contributed by atoms with Crippen molar-refractivity contribution in [2.75, 3.05) is 19.7 Å². The molecule has 0 radical (unpaired) electrons. The lowest BCUT2D eigenvalue weighted by Crippen LogP contribution is -2.38. The average molecular weight is 505 g/mol. The van der Waals surface area contributed by atoms with E-state index in [1.54, 1.807) is 6.07 Å². The second-order valence-corrected chi connectivity index (χ2v) is 6.09. The van der Waals surface area contributed by atoms with Crippen molar-refractivity contribution in [3.63, 3.8) is 0 Å². The minimum Gasteiger partial charge on any atom is -0.371 e. The van der Waals surface area contributed by atoms with Gasteiger partial charge in [-0.2, -0.15) is 4.98 Å². The van der Waals surface area contributed by atoms with Crippen molar-refractivity contribution in [2.24, 2.45) is 4.99 Å². The van der Waals surface area contributed by atoms with Gasteiger partial charge in [-0.3, -0.25) is 0 Å². The van der Waals surface area contributed by atoms with Gasteiger partial charge in [0.05, 0.1) is 0 Å². The molecule has 0 aliphatic heterocycles. The van der Waals surface area contributed by atoms with Gasteiger partial charge >= 0.3 is 0 Å². The van der Waals surface area contributed by atoms with Crippen LogP contribution in [0.25, 0.3) is 0 Å². The van der Waals surface area contributed by atoms with E-state index in [0.717, 1.165) is 24.1 Å². The summed E-state index contributed by atoms with van der Waals surface area (Å²) in [5.74, 6) is 1.40. The van der Waals surface area contributed by atoms with E-state index < -0.39 is 0 Å². The second kappa shape index (κ2) is 12.7. The normalized spacial score (nSPS) is 12.4. The highest BCUT2D eigenvalue weighted by Gasteiger charge is 2.13. The summed E-state index contributed by atoms with van der Waals surface area (Å²) in [5.41, 5.74) is 2.05. The Kier molecular flexibility index (Phi) is 11.0. The molecule has 156 valence electrons. The molecule has 0 saturated heterocycles. The van der Waals surface area contributed by atoms with E-state index in [0.29, 0.717) is 30.8 Å². The first-order chi connectivity index (χ1) is 13.0. The van der Waals surface area contributed by atoms with Gasteiger partial charge in [0.25, 0.3) is 0 Å². The molecule has 2 rings (SSSR count).